The van der Waals surface area contributed by atoms with E-state index < -0.39 is 10.0 Å². The molecule has 20 heavy (non-hydrogen) atoms. The molecule has 0 aliphatic carbocycles. The van der Waals surface area contributed by atoms with Gasteiger partial charge in [0, 0.05) is 17.6 Å². The van der Waals surface area contributed by atoms with E-state index in [4.69, 9.17) is 5.73 Å². The zero-order valence-corrected chi connectivity index (χ0v) is 14.8. The standard InChI is InChI=1S/C13H19BrN2O2S.ClH/c1-10-7-11(14)3-4-12(10)19(17,18)16-6-5-13(2,8-15)9-16;/h3-4,7H,5-6,8-9,15H2,1-2H3;1H. The van der Waals surface area contributed by atoms with Crippen molar-refractivity contribution in [1.82, 2.24) is 4.31 Å². The Hall–Kier alpha value is -0.140. The molecule has 2 N–H and O–H groups in total. The monoisotopic (exact) mass is 382 g/mol. The van der Waals surface area contributed by atoms with Gasteiger partial charge >= 0.3 is 0 Å². The van der Waals surface area contributed by atoms with Gasteiger partial charge in [0.05, 0.1) is 4.90 Å². The van der Waals surface area contributed by atoms with Gasteiger partial charge in [0.25, 0.3) is 0 Å². The lowest BCUT2D eigenvalue weighted by atomic mass is 9.90. The van der Waals surface area contributed by atoms with E-state index >= 15 is 0 Å². The molecular formula is C13H20BrClN2O2S. The molecule has 7 heteroatoms. The Morgan fingerprint density at radius 1 is 1.45 bits per heavy atom. The molecule has 1 saturated heterocycles. The van der Waals surface area contributed by atoms with Gasteiger partial charge < -0.3 is 5.73 Å². The predicted octanol–water partition coefficient (Wildman–Crippen LogP) is 2.54. The molecular weight excluding hydrogens is 364 g/mol. The minimum atomic E-state index is -3.41. The fourth-order valence-electron chi connectivity index (χ4n) is 2.39. The summed E-state index contributed by atoms with van der Waals surface area (Å²) in [4.78, 5) is 0.386. The molecule has 1 heterocycles. The molecule has 4 nitrogen and oxygen atoms in total. The highest BCUT2D eigenvalue weighted by Gasteiger charge is 2.39. The number of rotatable bonds is 3. The summed E-state index contributed by atoms with van der Waals surface area (Å²) in [6.45, 7) is 5.41. The fourth-order valence-corrected chi connectivity index (χ4v) is 4.66. The van der Waals surface area contributed by atoms with Crippen LogP contribution in [0.4, 0.5) is 0 Å². The summed E-state index contributed by atoms with van der Waals surface area (Å²) in [5, 5.41) is 0. The molecule has 1 aliphatic heterocycles. The number of nitrogens with two attached hydrogens (primary N) is 1. The smallest absolute Gasteiger partial charge is 0.243 e. The zero-order chi connectivity index (χ0) is 14.3. The molecule has 1 aromatic carbocycles. The van der Waals surface area contributed by atoms with Crippen molar-refractivity contribution in [1.29, 1.82) is 0 Å². The summed E-state index contributed by atoms with van der Waals surface area (Å²) in [6.07, 6.45) is 0.818. The lowest BCUT2D eigenvalue weighted by Crippen LogP contribution is -2.34. The van der Waals surface area contributed by atoms with Gasteiger partial charge in [-0.3, -0.25) is 0 Å². The third-order valence-electron chi connectivity index (χ3n) is 3.77. The summed E-state index contributed by atoms with van der Waals surface area (Å²) in [5.74, 6) is 0. The summed E-state index contributed by atoms with van der Waals surface area (Å²) in [6, 6.07) is 5.25. The van der Waals surface area contributed by atoms with Crippen LogP contribution < -0.4 is 5.73 Å². The molecule has 0 bridgehead atoms. The highest BCUT2D eigenvalue weighted by Crippen LogP contribution is 2.33. The fraction of sp³-hybridized carbons (Fsp3) is 0.538. The minimum Gasteiger partial charge on any atom is -0.330 e. The van der Waals surface area contributed by atoms with E-state index in [1.54, 1.807) is 16.4 Å². The van der Waals surface area contributed by atoms with Crippen molar-refractivity contribution in [3.63, 3.8) is 0 Å². The largest absolute Gasteiger partial charge is 0.330 e. The van der Waals surface area contributed by atoms with Crippen LogP contribution >= 0.6 is 28.3 Å². The quantitative estimate of drug-likeness (QED) is 0.872. The highest BCUT2D eigenvalue weighted by molar-refractivity contribution is 9.10. The molecule has 1 unspecified atom stereocenters. The Morgan fingerprint density at radius 2 is 2.10 bits per heavy atom. The lowest BCUT2D eigenvalue weighted by Gasteiger charge is -2.23. The van der Waals surface area contributed by atoms with Crippen LogP contribution in [0.1, 0.15) is 18.9 Å². The van der Waals surface area contributed by atoms with Crippen molar-refractivity contribution in [2.24, 2.45) is 11.1 Å². The number of halogens is 2. The van der Waals surface area contributed by atoms with Crippen molar-refractivity contribution in [3.05, 3.63) is 28.2 Å². The van der Waals surface area contributed by atoms with Crippen molar-refractivity contribution < 1.29 is 8.42 Å². The maximum Gasteiger partial charge on any atom is 0.243 e. The topological polar surface area (TPSA) is 63.4 Å². The summed E-state index contributed by atoms with van der Waals surface area (Å²) in [7, 11) is -3.41. The second kappa shape index (κ2) is 6.32. The van der Waals surface area contributed by atoms with E-state index in [9.17, 15) is 8.42 Å². The zero-order valence-electron chi connectivity index (χ0n) is 11.6. The van der Waals surface area contributed by atoms with E-state index in [0.29, 0.717) is 24.5 Å². The van der Waals surface area contributed by atoms with E-state index in [1.165, 1.54) is 0 Å². The molecule has 1 aromatic rings. The van der Waals surface area contributed by atoms with Gasteiger partial charge in [0.15, 0.2) is 0 Å². The van der Waals surface area contributed by atoms with Crippen LogP contribution in [0.2, 0.25) is 0 Å². The van der Waals surface area contributed by atoms with Gasteiger partial charge in [0.1, 0.15) is 0 Å². The van der Waals surface area contributed by atoms with Gasteiger partial charge in [-0.1, -0.05) is 22.9 Å². The van der Waals surface area contributed by atoms with Crippen LogP contribution in [0.3, 0.4) is 0 Å². The van der Waals surface area contributed by atoms with Gasteiger partial charge in [0.2, 0.25) is 10.0 Å². The van der Waals surface area contributed by atoms with E-state index in [-0.39, 0.29) is 17.8 Å². The summed E-state index contributed by atoms with van der Waals surface area (Å²) < 4.78 is 27.7. The normalized spacial score (nSPS) is 23.6. The first-order valence-electron chi connectivity index (χ1n) is 6.25. The van der Waals surface area contributed by atoms with E-state index in [1.807, 2.05) is 19.9 Å². The van der Waals surface area contributed by atoms with E-state index in [2.05, 4.69) is 15.9 Å². The van der Waals surface area contributed by atoms with Crippen molar-refractivity contribution >= 4 is 38.4 Å². The average molecular weight is 384 g/mol. The molecule has 0 saturated carbocycles. The second-order valence-electron chi connectivity index (χ2n) is 5.51. The minimum absolute atomic E-state index is 0. The third kappa shape index (κ3) is 3.36. The van der Waals surface area contributed by atoms with Crippen molar-refractivity contribution in [2.75, 3.05) is 19.6 Å². The molecule has 0 aromatic heterocycles. The van der Waals surface area contributed by atoms with Crippen LogP contribution in [0.15, 0.2) is 27.6 Å². The van der Waals surface area contributed by atoms with Gasteiger partial charge in [-0.25, -0.2) is 8.42 Å². The van der Waals surface area contributed by atoms with Crippen LogP contribution in [-0.4, -0.2) is 32.4 Å². The second-order valence-corrected chi connectivity index (χ2v) is 8.34. The van der Waals surface area contributed by atoms with Gasteiger partial charge in [-0.05, 0) is 49.1 Å². The maximum absolute atomic E-state index is 12.6. The van der Waals surface area contributed by atoms with Crippen LogP contribution in [-0.2, 0) is 10.0 Å². The summed E-state index contributed by atoms with van der Waals surface area (Å²) >= 11 is 3.35. The first-order valence-corrected chi connectivity index (χ1v) is 8.48. The van der Waals surface area contributed by atoms with Gasteiger partial charge in [-0.15, -0.1) is 12.4 Å². The van der Waals surface area contributed by atoms with Crippen LogP contribution in [0, 0.1) is 12.3 Å². The number of hydrogen-bond donors (Lipinski definition) is 1. The lowest BCUT2D eigenvalue weighted by molar-refractivity contribution is 0.349. The summed E-state index contributed by atoms with van der Waals surface area (Å²) in [5.41, 5.74) is 6.39. The van der Waals surface area contributed by atoms with Crippen molar-refractivity contribution in [2.45, 2.75) is 25.2 Å². The number of aryl methyl sites for hydroxylation is 1. The molecule has 114 valence electrons. The van der Waals surface area contributed by atoms with Crippen molar-refractivity contribution in [3.8, 4) is 0 Å². The molecule has 0 radical (unpaired) electrons. The number of hydrogen-bond acceptors (Lipinski definition) is 3. The third-order valence-corrected chi connectivity index (χ3v) is 6.27. The molecule has 0 amide bonds. The molecule has 2 rings (SSSR count). The Morgan fingerprint density at radius 3 is 2.60 bits per heavy atom. The average Bonchev–Trinajstić information content (AvgIpc) is 2.73. The Balaban J connectivity index is 0.00000200. The maximum atomic E-state index is 12.6. The van der Waals surface area contributed by atoms with Gasteiger partial charge in [-0.2, -0.15) is 4.31 Å². The number of nitrogens with zero attached hydrogens (tertiary/aromatic N) is 1. The Bertz CT molecular complexity index is 594. The molecule has 1 atom stereocenters. The Labute approximate surface area is 135 Å². The predicted molar refractivity (Wildman–Crippen MR) is 86.7 cm³/mol. The first kappa shape index (κ1) is 17.9. The van der Waals surface area contributed by atoms with Crippen LogP contribution in [0.5, 0.6) is 0 Å². The SMILES string of the molecule is Cc1cc(Br)ccc1S(=O)(=O)N1CCC(C)(CN)C1.Cl. The highest BCUT2D eigenvalue weighted by atomic mass is 79.9. The number of benzene rings is 1. The molecule has 1 aliphatic rings. The first-order chi connectivity index (χ1) is 8.78. The Kier molecular flexibility index (Phi) is 5.66. The van der Waals surface area contributed by atoms with E-state index in [0.717, 1.165) is 16.5 Å². The molecule has 0 spiro atoms. The molecule has 1 fully saturated rings. The number of sulfonamides is 1. The van der Waals surface area contributed by atoms with Crippen LogP contribution in [0.25, 0.3) is 0 Å².